The first kappa shape index (κ1) is 15.7. The first-order chi connectivity index (χ1) is 11.0. The summed E-state index contributed by atoms with van der Waals surface area (Å²) in [6.07, 6.45) is 2.73. The number of hydrogen-bond acceptors (Lipinski definition) is 6. The summed E-state index contributed by atoms with van der Waals surface area (Å²) in [4.78, 5) is 18.7. The van der Waals surface area contributed by atoms with Gasteiger partial charge < -0.3 is 13.9 Å². The van der Waals surface area contributed by atoms with Crippen molar-refractivity contribution >= 4 is 5.91 Å². The minimum atomic E-state index is -0.00221. The van der Waals surface area contributed by atoms with E-state index in [0.717, 1.165) is 30.8 Å². The van der Waals surface area contributed by atoms with Crippen LogP contribution >= 0.6 is 0 Å². The van der Waals surface area contributed by atoms with Gasteiger partial charge in [-0.15, -0.1) is 0 Å². The van der Waals surface area contributed by atoms with Crippen LogP contribution in [0.4, 0.5) is 0 Å². The number of carbonyl (C=O) groups is 1. The first-order valence-corrected chi connectivity index (χ1v) is 8.09. The molecule has 2 aromatic heterocycles. The lowest BCUT2D eigenvalue weighted by Crippen LogP contribution is -2.30. The maximum absolute atomic E-state index is 12.5. The van der Waals surface area contributed by atoms with Crippen molar-refractivity contribution in [2.75, 3.05) is 6.54 Å². The lowest BCUT2D eigenvalue weighted by molar-refractivity contribution is -0.132. The number of nitrogens with zero attached hydrogens (tertiary/aromatic N) is 4. The minimum absolute atomic E-state index is 0.00221. The number of likely N-dealkylation sites (tertiary alicyclic amines) is 1. The number of rotatable bonds is 5. The van der Waals surface area contributed by atoms with Crippen LogP contribution in [0.5, 0.6) is 0 Å². The van der Waals surface area contributed by atoms with E-state index in [9.17, 15) is 4.79 Å². The largest absolute Gasteiger partial charge is 0.359 e. The molecule has 1 aliphatic heterocycles. The van der Waals surface area contributed by atoms with Gasteiger partial charge in [0.1, 0.15) is 0 Å². The average Bonchev–Trinajstić information content (AvgIpc) is 3.24. The molecule has 124 valence electrons. The molecule has 23 heavy (non-hydrogen) atoms. The second-order valence-electron chi connectivity index (χ2n) is 6.32. The standard InChI is InChI=1S/C16H22N4O3/c1-10(2)16-17-14(23-19-16)6-7-15(21)20-8-4-5-12(20)13-9-11(3)18-22-13/h9-10,12H,4-8H2,1-3H3. The number of aryl methyl sites for hydroxylation is 2. The van der Waals surface area contributed by atoms with Crippen LogP contribution in [0.15, 0.2) is 15.1 Å². The van der Waals surface area contributed by atoms with Crippen LogP contribution in [0, 0.1) is 6.92 Å². The lowest BCUT2D eigenvalue weighted by atomic mass is 10.1. The van der Waals surface area contributed by atoms with Crippen molar-refractivity contribution in [2.45, 2.75) is 58.4 Å². The highest BCUT2D eigenvalue weighted by molar-refractivity contribution is 5.77. The Morgan fingerprint density at radius 3 is 2.87 bits per heavy atom. The second kappa shape index (κ2) is 6.52. The van der Waals surface area contributed by atoms with Crippen LogP contribution in [0.2, 0.25) is 0 Å². The molecule has 1 unspecified atom stereocenters. The molecule has 0 N–H and O–H groups in total. The Bertz CT molecular complexity index is 676. The van der Waals surface area contributed by atoms with Crippen molar-refractivity contribution in [1.29, 1.82) is 0 Å². The van der Waals surface area contributed by atoms with Gasteiger partial charge in [0, 0.05) is 31.4 Å². The van der Waals surface area contributed by atoms with Crippen molar-refractivity contribution in [2.24, 2.45) is 0 Å². The zero-order valence-electron chi connectivity index (χ0n) is 13.8. The molecule has 0 aliphatic carbocycles. The molecule has 0 aromatic carbocycles. The molecule has 1 aliphatic rings. The van der Waals surface area contributed by atoms with E-state index in [2.05, 4.69) is 15.3 Å². The maximum Gasteiger partial charge on any atom is 0.227 e. The number of carbonyl (C=O) groups excluding carboxylic acids is 1. The van der Waals surface area contributed by atoms with E-state index in [1.807, 2.05) is 31.7 Å². The van der Waals surface area contributed by atoms with Crippen LogP contribution in [0.3, 0.4) is 0 Å². The second-order valence-corrected chi connectivity index (χ2v) is 6.32. The van der Waals surface area contributed by atoms with Crippen LogP contribution in [0.1, 0.15) is 68.2 Å². The molecule has 1 fully saturated rings. The van der Waals surface area contributed by atoms with Gasteiger partial charge in [-0.25, -0.2) is 0 Å². The Balaban J connectivity index is 1.60. The maximum atomic E-state index is 12.5. The van der Waals surface area contributed by atoms with E-state index in [1.165, 1.54) is 0 Å². The Kier molecular flexibility index (Phi) is 4.45. The van der Waals surface area contributed by atoms with Gasteiger partial charge >= 0.3 is 0 Å². The molecule has 3 heterocycles. The quantitative estimate of drug-likeness (QED) is 0.842. The smallest absolute Gasteiger partial charge is 0.227 e. The van der Waals surface area contributed by atoms with E-state index < -0.39 is 0 Å². The van der Waals surface area contributed by atoms with E-state index in [0.29, 0.717) is 24.6 Å². The fraction of sp³-hybridized carbons (Fsp3) is 0.625. The third kappa shape index (κ3) is 3.43. The fourth-order valence-electron chi connectivity index (χ4n) is 2.86. The van der Waals surface area contributed by atoms with Crippen molar-refractivity contribution in [1.82, 2.24) is 20.2 Å². The Labute approximate surface area is 135 Å². The molecule has 0 saturated carbocycles. The van der Waals surface area contributed by atoms with Gasteiger partial charge in [0.25, 0.3) is 0 Å². The SMILES string of the molecule is Cc1cc(C2CCCN2C(=O)CCc2nc(C(C)C)no2)on1. The minimum Gasteiger partial charge on any atom is -0.359 e. The van der Waals surface area contributed by atoms with Gasteiger partial charge in [-0.2, -0.15) is 4.98 Å². The number of amides is 1. The highest BCUT2D eigenvalue weighted by Gasteiger charge is 2.32. The fourth-order valence-corrected chi connectivity index (χ4v) is 2.86. The van der Waals surface area contributed by atoms with Gasteiger partial charge in [0.15, 0.2) is 11.6 Å². The summed E-state index contributed by atoms with van der Waals surface area (Å²) in [6.45, 7) is 6.66. The van der Waals surface area contributed by atoms with Crippen LogP contribution in [0.25, 0.3) is 0 Å². The molecule has 7 nitrogen and oxygen atoms in total. The van der Waals surface area contributed by atoms with Crippen molar-refractivity contribution in [3.63, 3.8) is 0 Å². The summed E-state index contributed by atoms with van der Waals surface area (Å²) >= 11 is 0. The molecule has 3 rings (SSSR count). The lowest BCUT2D eigenvalue weighted by Gasteiger charge is -2.22. The molecule has 0 bridgehead atoms. The summed E-state index contributed by atoms with van der Waals surface area (Å²) in [5.41, 5.74) is 0.839. The normalized spacial score (nSPS) is 18.1. The molecule has 1 atom stereocenters. The van der Waals surface area contributed by atoms with E-state index in [1.54, 1.807) is 0 Å². The third-order valence-electron chi connectivity index (χ3n) is 4.10. The summed E-state index contributed by atoms with van der Waals surface area (Å²) in [6, 6.07) is 1.90. The van der Waals surface area contributed by atoms with Gasteiger partial charge in [0.05, 0.1) is 11.7 Å². The molecule has 0 radical (unpaired) electrons. The Morgan fingerprint density at radius 2 is 2.22 bits per heavy atom. The Morgan fingerprint density at radius 1 is 1.39 bits per heavy atom. The van der Waals surface area contributed by atoms with Crippen molar-refractivity contribution in [3.8, 4) is 0 Å². The molecule has 0 spiro atoms. The first-order valence-electron chi connectivity index (χ1n) is 8.09. The van der Waals surface area contributed by atoms with Crippen molar-refractivity contribution in [3.05, 3.63) is 29.2 Å². The monoisotopic (exact) mass is 318 g/mol. The molecular formula is C16H22N4O3. The number of aromatic nitrogens is 3. The van der Waals surface area contributed by atoms with Gasteiger partial charge in [-0.05, 0) is 19.8 Å². The predicted molar refractivity (Wildman–Crippen MR) is 81.6 cm³/mol. The molecule has 7 heteroatoms. The average molecular weight is 318 g/mol. The van der Waals surface area contributed by atoms with E-state index in [-0.39, 0.29) is 17.9 Å². The summed E-state index contributed by atoms with van der Waals surface area (Å²) in [7, 11) is 0. The van der Waals surface area contributed by atoms with Crippen LogP contribution < -0.4 is 0 Å². The highest BCUT2D eigenvalue weighted by Crippen LogP contribution is 2.32. The molecule has 1 saturated heterocycles. The molecule has 1 amide bonds. The number of hydrogen-bond donors (Lipinski definition) is 0. The van der Waals surface area contributed by atoms with Crippen molar-refractivity contribution < 1.29 is 13.8 Å². The summed E-state index contributed by atoms with van der Waals surface area (Å²) in [5, 5.41) is 7.84. The topological polar surface area (TPSA) is 85.3 Å². The summed E-state index contributed by atoms with van der Waals surface area (Å²) < 4.78 is 10.5. The van der Waals surface area contributed by atoms with Crippen LogP contribution in [-0.2, 0) is 11.2 Å². The molecular weight excluding hydrogens is 296 g/mol. The van der Waals surface area contributed by atoms with Gasteiger partial charge in [-0.3, -0.25) is 4.79 Å². The molecule has 2 aromatic rings. The zero-order chi connectivity index (χ0) is 16.4. The third-order valence-corrected chi connectivity index (χ3v) is 4.10. The van der Waals surface area contributed by atoms with E-state index >= 15 is 0 Å². The van der Waals surface area contributed by atoms with Gasteiger partial charge in [0.2, 0.25) is 11.8 Å². The summed E-state index contributed by atoms with van der Waals surface area (Å²) in [5.74, 6) is 2.29. The highest BCUT2D eigenvalue weighted by atomic mass is 16.5. The predicted octanol–water partition coefficient (Wildman–Crippen LogP) is 2.79. The zero-order valence-corrected chi connectivity index (χ0v) is 13.8. The van der Waals surface area contributed by atoms with Crippen LogP contribution in [-0.4, -0.2) is 32.6 Å². The Hall–Kier alpha value is -2.18. The van der Waals surface area contributed by atoms with Gasteiger partial charge in [-0.1, -0.05) is 24.2 Å². The van der Waals surface area contributed by atoms with E-state index in [4.69, 9.17) is 9.05 Å².